The number of hydrogen-bond acceptors (Lipinski definition) is 4. The first-order valence-corrected chi connectivity index (χ1v) is 6.82. The van der Waals surface area contributed by atoms with E-state index >= 15 is 0 Å². The van der Waals surface area contributed by atoms with Gasteiger partial charge in [0.1, 0.15) is 5.82 Å². The van der Waals surface area contributed by atoms with E-state index in [0.29, 0.717) is 11.4 Å². The van der Waals surface area contributed by atoms with Gasteiger partial charge < -0.3 is 0 Å². The van der Waals surface area contributed by atoms with E-state index < -0.39 is 0 Å². The highest BCUT2D eigenvalue weighted by atomic mass is 35.5. The number of halogens is 2. The Morgan fingerprint density at radius 2 is 2.30 bits per heavy atom. The minimum atomic E-state index is -0.353. The number of aromatic nitrogens is 3. The van der Waals surface area contributed by atoms with Crippen LogP contribution in [0, 0.1) is 5.82 Å². The normalized spacial score (nSPS) is 12.6. The van der Waals surface area contributed by atoms with Crippen molar-refractivity contribution in [2.75, 3.05) is 0 Å². The van der Waals surface area contributed by atoms with Crippen molar-refractivity contribution in [1.29, 1.82) is 0 Å². The van der Waals surface area contributed by atoms with Gasteiger partial charge in [0.25, 0.3) is 0 Å². The smallest absolute Gasteiger partial charge is 0.124 e. The van der Waals surface area contributed by atoms with Crippen molar-refractivity contribution in [1.82, 2.24) is 20.4 Å². The number of benzene rings is 1. The number of hydrazine groups is 1. The summed E-state index contributed by atoms with van der Waals surface area (Å²) in [7, 11) is 0. The second kappa shape index (κ2) is 6.78. The van der Waals surface area contributed by atoms with Crippen LogP contribution in [-0.4, -0.2) is 15.0 Å². The summed E-state index contributed by atoms with van der Waals surface area (Å²) in [6.45, 7) is 2.83. The quantitative estimate of drug-likeness (QED) is 0.634. The molecule has 5 nitrogen and oxygen atoms in total. The van der Waals surface area contributed by atoms with Gasteiger partial charge in [0, 0.05) is 11.6 Å². The van der Waals surface area contributed by atoms with E-state index in [2.05, 4.69) is 22.7 Å². The Labute approximate surface area is 121 Å². The summed E-state index contributed by atoms with van der Waals surface area (Å²) >= 11 is 6.05. The molecule has 0 aliphatic heterocycles. The summed E-state index contributed by atoms with van der Waals surface area (Å²) in [6, 6.07) is 4.16. The third-order valence-corrected chi connectivity index (χ3v) is 3.43. The molecule has 3 N–H and O–H groups in total. The van der Waals surface area contributed by atoms with E-state index in [9.17, 15) is 4.39 Å². The highest BCUT2D eigenvalue weighted by Crippen LogP contribution is 2.23. The zero-order valence-corrected chi connectivity index (χ0v) is 11.9. The van der Waals surface area contributed by atoms with E-state index in [1.165, 1.54) is 12.1 Å². The van der Waals surface area contributed by atoms with Crippen LogP contribution in [-0.2, 0) is 13.0 Å². The van der Waals surface area contributed by atoms with Gasteiger partial charge in [-0.25, -0.2) is 9.07 Å². The summed E-state index contributed by atoms with van der Waals surface area (Å²) in [4.78, 5) is 0. The first-order valence-electron chi connectivity index (χ1n) is 6.44. The van der Waals surface area contributed by atoms with Crippen LogP contribution in [0.3, 0.4) is 0 Å². The average molecular weight is 298 g/mol. The van der Waals surface area contributed by atoms with Crippen LogP contribution in [0.25, 0.3) is 0 Å². The zero-order chi connectivity index (χ0) is 14.5. The Kier molecular flexibility index (Phi) is 5.05. The molecule has 1 atom stereocenters. The zero-order valence-electron chi connectivity index (χ0n) is 11.2. The fourth-order valence-electron chi connectivity index (χ4n) is 2.08. The molecule has 2 rings (SSSR count). The third-order valence-electron chi connectivity index (χ3n) is 3.08. The molecule has 0 saturated carbocycles. The number of nitrogens with one attached hydrogen (secondary N) is 1. The molecule has 0 aliphatic carbocycles. The van der Waals surface area contributed by atoms with E-state index in [1.54, 1.807) is 12.3 Å². The van der Waals surface area contributed by atoms with Gasteiger partial charge in [-0.2, -0.15) is 0 Å². The van der Waals surface area contributed by atoms with E-state index in [-0.39, 0.29) is 11.9 Å². The lowest BCUT2D eigenvalue weighted by Gasteiger charge is -2.17. The molecular weight excluding hydrogens is 281 g/mol. The van der Waals surface area contributed by atoms with Crippen LogP contribution >= 0.6 is 11.6 Å². The second-order valence-corrected chi connectivity index (χ2v) is 4.95. The fourth-order valence-corrected chi connectivity index (χ4v) is 2.32. The lowest BCUT2D eigenvalue weighted by molar-refractivity contribution is 0.473. The summed E-state index contributed by atoms with van der Waals surface area (Å²) in [5, 5.41) is 8.33. The highest BCUT2D eigenvalue weighted by Gasteiger charge is 2.17. The van der Waals surface area contributed by atoms with Crippen LogP contribution in [0.5, 0.6) is 0 Å². The number of hydrogen-bond donors (Lipinski definition) is 2. The van der Waals surface area contributed by atoms with Gasteiger partial charge in [0.15, 0.2) is 0 Å². The van der Waals surface area contributed by atoms with Gasteiger partial charge in [-0.3, -0.25) is 11.3 Å². The van der Waals surface area contributed by atoms with Crippen LogP contribution in [0.1, 0.15) is 30.6 Å². The van der Waals surface area contributed by atoms with Gasteiger partial charge >= 0.3 is 0 Å². The molecule has 0 fully saturated rings. The van der Waals surface area contributed by atoms with Gasteiger partial charge in [-0.05, 0) is 30.5 Å². The molecule has 1 unspecified atom stereocenters. The maximum Gasteiger partial charge on any atom is 0.124 e. The lowest BCUT2D eigenvalue weighted by atomic mass is 10.0. The van der Waals surface area contributed by atoms with E-state index in [0.717, 1.165) is 24.2 Å². The average Bonchev–Trinajstić information content (AvgIpc) is 2.87. The summed E-state index contributed by atoms with van der Waals surface area (Å²) in [5.74, 6) is 5.27. The monoisotopic (exact) mass is 297 g/mol. The third kappa shape index (κ3) is 3.33. The van der Waals surface area contributed by atoms with Crippen molar-refractivity contribution >= 4 is 11.6 Å². The second-order valence-electron chi connectivity index (χ2n) is 4.54. The van der Waals surface area contributed by atoms with E-state index in [1.807, 2.05) is 4.68 Å². The highest BCUT2D eigenvalue weighted by molar-refractivity contribution is 6.31. The molecule has 2 aromatic rings. The van der Waals surface area contributed by atoms with E-state index in [4.69, 9.17) is 17.4 Å². The topological polar surface area (TPSA) is 68.8 Å². The van der Waals surface area contributed by atoms with Gasteiger partial charge in [0.05, 0.1) is 17.9 Å². The lowest BCUT2D eigenvalue weighted by Crippen LogP contribution is -2.31. The van der Waals surface area contributed by atoms with Crippen LogP contribution in [0.4, 0.5) is 4.39 Å². The predicted octanol–water partition coefficient (Wildman–Crippen LogP) is 2.23. The number of nitrogens with zero attached hydrogens (tertiary/aromatic N) is 3. The Morgan fingerprint density at radius 3 is 2.95 bits per heavy atom. The molecule has 1 aromatic carbocycles. The molecular formula is C13H17ClFN5. The Morgan fingerprint density at radius 1 is 1.50 bits per heavy atom. The maximum atomic E-state index is 13.1. The molecule has 20 heavy (non-hydrogen) atoms. The molecule has 0 radical (unpaired) electrons. The van der Waals surface area contributed by atoms with Crippen LogP contribution in [0.2, 0.25) is 5.02 Å². The summed E-state index contributed by atoms with van der Waals surface area (Å²) in [6.07, 6.45) is 3.16. The minimum absolute atomic E-state index is 0.181. The summed E-state index contributed by atoms with van der Waals surface area (Å²) < 4.78 is 14.9. The molecule has 0 bridgehead atoms. The first kappa shape index (κ1) is 14.9. The Balaban J connectivity index is 2.22. The molecule has 0 amide bonds. The Hall–Kier alpha value is -1.50. The predicted molar refractivity (Wildman–Crippen MR) is 75.5 cm³/mol. The standard InChI is InChI=1S/C13H17ClFN5/c1-2-5-20-13(8-17-19-20)12(18-16)6-9-3-4-10(15)7-11(9)14/h3-4,7-8,12,18H,2,5-6,16H2,1H3. The minimum Gasteiger partial charge on any atom is -0.271 e. The first-order chi connectivity index (χ1) is 9.65. The van der Waals surface area contributed by atoms with Crippen molar-refractivity contribution in [3.8, 4) is 0 Å². The molecule has 0 aliphatic rings. The maximum absolute atomic E-state index is 13.1. The van der Waals surface area contributed by atoms with Gasteiger partial charge in [-0.15, -0.1) is 5.10 Å². The number of rotatable bonds is 6. The number of nitrogens with two attached hydrogens (primary N) is 1. The molecule has 0 spiro atoms. The van der Waals surface area contributed by atoms with Crippen molar-refractivity contribution in [3.05, 3.63) is 46.5 Å². The molecule has 7 heteroatoms. The van der Waals surface area contributed by atoms with Crippen molar-refractivity contribution in [3.63, 3.8) is 0 Å². The Bertz CT molecular complexity index is 572. The van der Waals surface area contributed by atoms with Gasteiger partial charge in [0.2, 0.25) is 0 Å². The number of aryl methyl sites for hydroxylation is 1. The molecule has 1 heterocycles. The molecule has 1 aromatic heterocycles. The van der Waals surface area contributed by atoms with Crippen LogP contribution in [0.15, 0.2) is 24.4 Å². The van der Waals surface area contributed by atoms with Crippen molar-refractivity contribution < 1.29 is 4.39 Å². The SMILES string of the molecule is CCCn1nncc1C(Cc1ccc(F)cc1Cl)NN. The van der Waals surface area contributed by atoms with Gasteiger partial charge in [-0.1, -0.05) is 29.8 Å². The largest absolute Gasteiger partial charge is 0.271 e. The van der Waals surface area contributed by atoms with Crippen LogP contribution < -0.4 is 11.3 Å². The fraction of sp³-hybridized carbons (Fsp3) is 0.385. The molecule has 108 valence electrons. The molecule has 0 saturated heterocycles. The van der Waals surface area contributed by atoms with Crippen molar-refractivity contribution in [2.24, 2.45) is 5.84 Å². The summed E-state index contributed by atoms with van der Waals surface area (Å²) in [5.41, 5.74) is 4.44. The van der Waals surface area contributed by atoms with Crippen molar-refractivity contribution in [2.45, 2.75) is 32.4 Å².